The van der Waals surface area contributed by atoms with Crippen LogP contribution in [0.25, 0.3) is 10.9 Å². The van der Waals surface area contributed by atoms with Crippen molar-refractivity contribution in [3.63, 3.8) is 0 Å². The number of pyridine rings is 1. The van der Waals surface area contributed by atoms with Gasteiger partial charge >= 0.3 is 5.97 Å². The summed E-state index contributed by atoms with van der Waals surface area (Å²) in [6, 6.07) is 8.05. The van der Waals surface area contributed by atoms with Gasteiger partial charge in [-0.25, -0.2) is 4.79 Å². The lowest BCUT2D eigenvalue weighted by Gasteiger charge is -2.08. The Balaban J connectivity index is 2.04. The van der Waals surface area contributed by atoms with Crippen LogP contribution < -0.4 is 10.7 Å². The molecule has 2 rings (SSSR count). The summed E-state index contributed by atoms with van der Waals surface area (Å²) in [6.45, 7) is 4.07. The summed E-state index contributed by atoms with van der Waals surface area (Å²) >= 11 is 0. The molecule has 0 fully saturated rings. The van der Waals surface area contributed by atoms with Gasteiger partial charge in [-0.2, -0.15) is 0 Å². The highest BCUT2D eigenvalue weighted by molar-refractivity contribution is 5.92. The van der Waals surface area contributed by atoms with Gasteiger partial charge in [0.2, 0.25) is 0 Å². The number of aromatic nitrogens is 1. The number of para-hydroxylation sites is 1. The average Bonchev–Trinajstić information content (AvgIpc) is 2.50. The number of fused-ring (bicyclic) bond motifs is 1. The molecule has 0 radical (unpaired) electrons. The predicted molar refractivity (Wildman–Crippen MR) is 82.7 cm³/mol. The second-order valence-corrected chi connectivity index (χ2v) is 5.37. The average molecular weight is 302 g/mol. The molecular weight excluding hydrogens is 284 g/mol. The van der Waals surface area contributed by atoms with E-state index < -0.39 is 5.97 Å². The van der Waals surface area contributed by atoms with Crippen molar-refractivity contribution in [3.05, 3.63) is 46.2 Å². The Kier molecular flexibility index (Phi) is 4.93. The fourth-order valence-electron chi connectivity index (χ4n) is 1.88. The number of hydrogen-bond acceptors (Lipinski definition) is 4. The lowest BCUT2D eigenvalue weighted by Crippen LogP contribution is -2.31. The number of H-pyrrole nitrogens is 1. The number of carbonyl (C=O) groups is 2. The molecule has 6 nitrogen and oxygen atoms in total. The SMILES string of the molecule is CC(C)CNC(=O)COC(=O)c1cc(=O)c2ccccc2[nH]1. The van der Waals surface area contributed by atoms with Gasteiger partial charge in [-0.05, 0) is 18.1 Å². The second-order valence-electron chi connectivity index (χ2n) is 5.37. The van der Waals surface area contributed by atoms with Crippen molar-refractivity contribution in [1.82, 2.24) is 10.3 Å². The Morgan fingerprint density at radius 3 is 2.73 bits per heavy atom. The van der Waals surface area contributed by atoms with Gasteiger partial charge in [0.05, 0.1) is 0 Å². The third-order valence-corrected chi connectivity index (χ3v) is 3.00. The lowest BCUT2D eigenvalue weighted by atomic mass is 10.2. The highest BCUT2D eigenvalue weighted by Gasteiger charge is 2.13. The van der Waals surface area contributed by atoms with Crippen LogP contribution in [-0.4, -0.2) is 30.0 Å². The van der Waals surface area contributed by atoms with E-state index in [1.807, 2.05) is 13.8 Å². The van der Waals surface area contributed by atoms with Crippen LogP contribution >= 0.6 is 0 Å². The molecule has 0 aliphatic heterocycles. The molecule has 0 atom stereocenters. The van der Waals surface area contributed by atoms with Crippen molar-refractivity contribution < 1.29 is 14.3 Å². The van der Waals surface area contributed by atoms with Crippen molar-refractivity contribution in [2.45, 2.75) is 13.8 Å². The number of aromatic amines is 1. The highest BCUT2D eigenvalue weighted by Crippen LogP contribution is 2.08. The first kappa shape index (κ1) is 15.8. The summed E-state index contributed by atoms with van der Waals surface area (Å²) in [7, 11) is 0. The Labute approximate surface area is 127 Å². The first-order valence-electron chi connectivity index (χ1n) is 7.03. The Morgan fingerprint density at radius 2 is 2.00 bits per heavy atom. The third kappa shape index (κ3) is 3.94. The monoisotopic (exact) mass is 302 g/mol. The molecule has 2 aromatic rings. The maximum Gasteiger partial charge on any atom is 0.355 e. The standard InChI is InChI=1S/C16H18N2O4/c1-10(2)8-17-15(20)9-22-16(21)13-7-14(19)11-5-3-4-6-12(11)18-13/h3-7,10H,8-9H2,1-2H3,(H,17,20)(H,18,19). The highest BCUT2D eigenvalue weighted by atomic mass is 16.5. The van der Waals surface area contributed by atoms with Crippen molar-refractivity contribution in [2.24, 2.45) is 5.92 Å². The molecule has 1 heterocycles. The minimum absolute atomic E-state index is 0.0281. The quantitative estimate of drug-likeness (QED) is 0.818. The molecule has 0 saturated heterocycles. The van der Waals surface area contributed by atoms with Crippen LogP contribution in [0.15, 0.2) is 35.1 Å². The van der Waals surface area contributed by atoms with Crippen LogP contribution in [-0.2, 0) is 9.53 Å². The molecule has 0 aliphatic carbocycles. The smallest absolute Gasteiger partial charge is 0.355 e. The normalized spacial score (nSPS) is 10.7. The molecule has 0 saturated carbocycles. The molecule has 0 unspecified atom stereocenters. The van der Waals surface area contributed by atoms with Crippen molar-refractivity contribution in [3.8, 4) is 0 Å². The summed E-state index contributed by atoms with van der Waals surface area (Å²) in [5.74, 6) is -0.788. The lowest BCUT2D eigenvalue weighted by molar-refractivity contribution is -0.124. The van der Waals surface area contributed by atoms with Crippen LogP contribution in [0.4, 0.5) is 0 Å². The van der Waals surface area contributed by atoms with Crippen molar-refractivity contribution >= 4 is 22.8 Å². The number of rotatable bonds is 5. The zero-order chi connectivity index (χ0) is 16.1. The summed E-state index contributed by atoms with van der Waals surface area (Å²) in [4.78, 5) is 38.2. The molecule has 6 heteroatoms. The molecule has 116 valence electrons. The van der Waals surface area contributed by atoms with Gasteiger partial charge in [0.1, 0.15) is 5.69 Å². The Morgan fingerprint density at radius 1 is 1.27 bits per heavy atom. The van der Waals surface area contributed by atoms with Crippen LogP contribution in [0.5, 0.6) is 0 Å². The fraction of sp³-hybridized carbons (Fsp3) is 0.312. The van der Waals surface area contributed by atoms with Crippen LogP contribution in [0.1, 0.15) is 24.3 Å². The largest absolute Gasteiger partial charge is 0.451 e. The molecule has 0 spiro atoms. The van der Waals surface area contributed by atoms with E-state index in [-0.39, 0.29) is 23.6 Å². The van der Waals surface area contributed by atoms with Gasteiger partial charge in [0.15, 0.2) is 12.0 Å². The Bertz CT molecular complexity index is 749. The number of hydrogen-bond donors (Lipinski definition) is 2. The summed E-state index contributed by atoms with van der Waals surface area (Å²) in [5, 5.41) is 3.14. The Hall–Kier alpha value is -2.63. The molecule has 1 aromatic heterocycles. The minimum Gasteiger partial charge on any atom is -0.451 e. The number of esters is 1. The maximum atomic E-state index is 11.9. The number of nitrogens with one attached hydrogen (secondary N) is 2. The molecule has 0 aliphatic rings. The van der Waals surface area contributed by atoms with Gasteiger partial charge in [-0.1, -0.05) is 26.0 Å². The van der Waals surface area contributed by atoms with E-state index in [4.69, 9.17) is 4.74 Å². The van der Waals surface area contributed by atoms with Crippen LogP contribution in [0.2, 0.25) is 0 Å². The van der Waals surface area contributed by atoms with E-state index in [0.717, 1.165) is 0 Å². The topological polar surface area (TPSA) is 88.3 Å². The van der Waals surface area contributed by atoms with Crippen LogP contribution in [0.3, 0.4) is 0 Å². The summed E-state index contributed by atoms with van der Waals surface area (Å²) in [6.07, 6.45) is 0. The number of carbonyl (C=O) groups excluding carboxylic acids is 2. The number of amides is 1. The van der Waals surface area contributed by atoms with Gasteiger partial charge in [-0.15, -0.1) is 0 Å². The molecule has 0 bridgehead atoms. The predicted octanol–water partition coefficient (Wildman–Crippen LogP) is 1.46. The minimum atomic E-state index is -0.734. The fourth-order valence-corrected chi connectivity index (χ4v) is 1.88. The summed E-state index contributed by atoms with van der Waals surface area (Å²) < 4.78 is 4.90. The van der Waals surface area contributed by atoms with E-state index in [0.29, 0.717) is 23.4 Å². The molecule has 1 aromatic carbocycles. The first-order valence-corrected chi connectivity index (χ1v) is 7.03. The van der Waals surface area contributed by atoms with Gasteiger partial charge < -0.3 is 15.0 Å². The zero-order valence-corrected chi connectivity index (χ0v) is 12.5. The summed E-state index contributed by atoms with van der Waals surface area (Å²) in [5.41, 5.74) is 0.303. The van der Waals surface area contributed by atoms with Gasteiger partial charge in [0, 0.05) is 23.5 Å². The van der Waals surface area contributed by atoms with Gasteiger partial charge in [-0.3, -0.25) is 9.59 Å². The maximum absolute atomic E-state index is 11.9. The molecule has 1 amide bonds. The van der Waals surface area contributed by atoms with Gasteiger partial charge in [0.25, 0.3) is 5.91 Å². The first-order chi connectivity index (χ1) is 10.5. The number of ether oxygens (including phenoxy) is 1. The van der Waals surface area contributed by atoms with E-state index in [2.05, 4.69) is 10.3 Å². The second kappa shape index (κ2) is 6.89. The van der Waals surface area contributed by atoms with E-state index >= 15 is 0 Å². The molecule has 2 N–H and O–H groups in total. The molecular formula is C16H18N2O4. The van der Waals surface area contributed by atoms with E-state index in [9.17, 15) is 14.4 Å². The van der Waals surface area contributed by atoms with E-state index in [1.54, 1.807) is 24.3 Å². The number of benzene rings is 1. The molecule has 22 heavy (non-hydrogen) atoms. The van der Waals surface area contributed by atoms with Crippen molar-refractivity contribution in [2.75, 3.05) is 13.2 Å². The zero-order valence-electron chi connectivity index (χ0n) is 12.5. The van der Waals surface area contributed by atoms with E-state index in [1.165, 1.54) is 6.07 Å². The third-order valence-electron chi connectivity index (χ3n) is 3.00. The van der Waals surface area contributed by atoms with Crippen LogP contribution in [0, 0.1) is 5.92 Å². The van der Waals surface area contributed by atoms with Crippen molar-refractivity contribution in [1.29, 1.82) is 0 Å².